The van der Waals surface area contributed by atoms with Gasteiger partial charge in [-0.25, -0.2) is 9.97 Å². The van der Waals surface area contributed by atoms with E-state index in [1.165, 1.54) is 11.1 Å². The van der Waals surface area contributed by atoms with E-state index in [4.69, 9.17) is 9.97 Å². The average molecular weight is 803 g/mol. The SMILES string of the molecule is Cc1cc(-c2cc(C)cc(-c3cccc(-c4ccccn4)n3)c2)cc(-c2cccc(-c3ccccn3)n2)c1.c1ccc(-c2ccccn2)nc1.c1ccc(-c2ccccn2)nc1. The zero-order valence-electron chi connectivity index (χ0n) is 34.4. The van der Waals surface area contributed by atoms with E-state index < -0.39 is 0 Å². The van der Waals surface area contributed by atoms with Gasteiger partial charge < -0.3 is 0 Å². The standard InChI is InChI=1S/C34H26N4.2C10H8N2/c1-23-17-25(21-27(19-23)29-11-7-13-33(37-29)31-9-3-5-15-35-31)26-18-24(2)20-28(22-26)30-12-8-14-34(38-30)32-10-4-6-16-36-32;2*1-3-7-11-9(5-1)10-6-2-4-8-12-10/h3-22H,1-2H3;2*1-8H. The molecule has 0 aliphatic rings. The third-order valence-corrected chi connectivity index (χ3v) is 9.62. The van der Waals surface area contributed by atoms with Crippen LogP contribution in [-0.4, -0.2) is 39.9 Å². The summed E-state index contributed by atoms with van der Waals surface area (Å²) in [4.78, 5) is 35.5. The number of aromatic nitrogens is 8. The van der Waals surface area contributed by atoms with Crippen LogP contribution >= 0.6 is 0 Å². The van der Waals surface area contributed by atoms with Gasteiger partial charge in [-0.3, -0.25) is 29.9 Å². The first kappa shape index (κ1) is 40.4. The van der Waals surface area contributed by atoms with E-state index in [0.29, 0.717) is 0 Å². The first-order valence-electron chi connectivity index (χ1n) is 20.2. The van der Waals surface area contributed by atoms with Crippen LogP contribution in [-0.2, 0) is 0 Å². The molecule has 0 aliphatic carbocycles. The second-order valence-electron chi connectivity index (χ2n) is 14.3. The number of nitrogens with zero attached hydrogens (tertiary/aromatic N) is 8. The van der Waals surface area contributed by atoms with E-state index >= 15 is 0 Å². The van der Waals surface area contributed by atoms with Gasteiger partial charge >= 0.3 is 0 Å². The Morgan fingerprint density at radius 1 is 0.226 bits per heavy atom. The van der Waals surface area contributed by atoms with Crippen LogP contribution < -0.4 is 0 Å². The minimum atomic E-state index is 0.864. The lowest BCUT2D eigenvalue weighted by atomic mass is 9.95. The van der Waals surface area contributed by atoms with Crippen molar-refractivity contribution in [1.29, 1.82) is 0 Å². The van der Waals surface area contributed by atoms with Crippen LogP contribution in [0.4, 0.5) is 0 Å². The van der Waals surface area contributed by atoms with Crippen molar-refractivity contribution in [3.63, 3.8) is 0 Å². The molecule has 8 nitrogen and oxygen atoms in total. The highest BCUT2D eigenvalue weighted by molar-refractivity contribution is 5.78. The minimum absolute atomic E-state index is 0.864. The molecule has 0 radical (unpaired) electrons. The molecule has 0 aliphatic heterocycles. The molecule has 0 unspecified atom stereocenters. The van der Waals surface area contributed by atoms with Crippen LogP contribution in [0.3, 0.4) is 0 Å². The van der Waals surface area contributed by atoms with Crippen molar-refractivity contribution < 1.29 is 0 Å². The van der Waals surface area contributed by atoms with Crippen LogP contribution in [0.1, 0.15) is 11.1 Å². The topological polar surface area (TPSA) is 103 Å². The lowest BCUT2D eigenvalue weighted by molar-refractivity contribution is 1.24. The second kappa shape index (κ2) is 20.1. The third-order valence-electron chi connectivity index (χ3n) is 9.62. The Morgan fingerprint density at radius 3 is 0.742 bits per heavy atom. The molecule has 0 atom stereocenters. The van der Waals surface area contributed by atoms with Gasteiger partial charge in [0.1, 0.15) is 0 Å². The zero-order valence-corrected chi connectivity index (χ0v) is 34.4. The van der Waals surface area contributed by atoms with Crippen molar-refractivity contribution in [2.75, 3.05) is 0 Å². The van der Waals surface area contributed by atoms with Gasteiger partial charge in [0.15, 0.2) is 0 Å². The molecule has 8 heteroatoms. The zero-order chi connectivity index (χ0) is 42.4. The van der Waals surface area contributed by atoms with E-state index in [1.807, 2.05) is 133 Å². The molecular formula is C54H42N8. The van der Waals surface area contributed by atoms with E-state index in [-0.39, 0.29) is 0 Å². The van der Waals surface area contributed by atoms with Gasteiger partial charge in [-0.05, 0) is 157 Å². The molecule has 10 aromatic rings. The van der Waals surface area contributed by atoms with Crippen molar-refractivity contribution in [1.82, 2.24) is 39.9 Å². The largest absolute Gasteiger partial charge is 0.255 e. The van der Waals surface area contributed by atoms with Crippen LogP contribution in [0.2, 0.25) is 0 Å². The van der Waals surface area contributed by atoms with Gasteiger partial charge in [0.05, 0.1) is 56.9 Å². The fourth-order valence-electron chi connectivity index (χ4n) is 6.76. The Labute approximate surface area is 361 Å². The highest BCUT2D eigenvalue weighted by Gasteiger charge is 2.11. The average Bonchev–Trinajstić information content (AvgIpc) is 3.36. The van der Waals surface area contributed by atoms with Crippen molar-refractivity contribution in [2.45, 2.75) is 13.8 Å². The molecule has 2 aromatic carbocycles. The summed E-state index contributed by atoms with van der Waals surface area (Å²) in [5.41, 5.74) is 15.8. The van der Waals surface area contributed by atoms with Crippen LogP contribution in [0.15, 0.2) is 219 Å². The highest BCUT2D eigenvalue weighted by atomic mass is 14.8. The summed E-state index contributed by atoms with van der Waals surface area (Å²) in [7, 11) is 0. The summed E-state index contributed by atoms with van der Waals surface area (Å²) in [6, 6.07) is 60.4. The highest BCUT2D eigenvalue weighted by Crippen LogP contribution is 2.32. The summed E-state index contributed by atoms with van der Waals surface area (Å²) in [5, 5.41) is 0. The van der Waals surface area contributed by atoms with Gasteiger partial charge in [-0.1, -0.05) is 60.7 Å². The predicted molar refractivity (Wildman–Crippen MR) is 249 cm³/mol. The number of benzene rings is 2. The van der Waals surface area contributed by atoms with Crippen molar-refractivity contribution in [2.24, 2.45) is 0 Å². The second-order valence-corrected chi connectivity index (χ2v) is 14.3. The number of pyridine rings is 8. The molecule has 298 valence electrons. The number of hydrogen-bond acceptors (Lipinski definition) is 8. The van der Waals surface area contributed by atoms with Gasteiger partial charge in [-0.15, -0.1) is 0 Å². The number of aryl methyl sites for hydroxylation is 2. The van der Waals surface area contributed by atoms with E-state index in [9.17, 15) is 0 Å². The molecule has 10 rings (SSSR count). The minimum Gasteiger partial charge on any atom is -0.255 e. The Bertz CT molecular complexity index is 2670. The van der Waals surface area contributed by atoms with Gasteiger partial charge in [0, 0.05) is 48.3 Å². The van der Waals surface area contributed by atoms with Crippen LogP contribution in [0.5, 0.6) is 0 Å². The Balaban J connectivity index is 0.000000177. The first-order valence-corrected chi connectivity index (χ1v) is 20.2. The monoisotopic (exact) mass is 802 g/mol. The summed E-state index contributed by atoms with van der Waals surface area (Å²) in [5.74, 6) is 0. The Hall–Kier alpha value is -8.36. The van der Waals surface area contributed by atoms with E-state index in [1.54, 1.807) is 37.2 Å². The van der Waals surface area contributed by atoms with Gasteiger partial charge in [0.25, 0.3) is 0 Å². The molecule has 8 heterocycles. The molecule has 0 fully saturated rings. The predicted octanol–water partition coefficient (Wildman–Crippen LogP) is 12.5. The van der Waals surface area contributed by atoms with Crippen molar-refractivity contribution in [3.05, 3.63) is 230 Å². The van der Waals surface area contributed by atoms with Crippen LogP contribution in [0.25, 0.3) is 79.2 Å². The maximum atomic E-state index is 4.93. The van der Waals surface area contributed by atoms with E-state index in [2.05, 4.69) is 92.3 Å². The van der Waals surface area contributed by atoms with Gasteiger partial charge in [-0.2, -0.15) is 0 Å². The number of rotatable bonds is 7. The fourth-order valence-corrected chi connectivity index (χ4v) is 6.76. The van der Waals surface area contributed by atoms with Crippen molar-refractivity contribution in [3.8, 4) is 79.2 Å². The maximum Gasteiger partial charge on any atom is 0.0893 e. The number of hydrogen-bond donors (Lipinski definition) is 0. The summed E-state index contributed by atoms with van der Waals surface area (Å²) >= 11 is 0. The Morgan fingerprint density at radius 2 is 0.468 bits per heavy atom. The normalized spacial score (nSPS) is 10.4. The molecule has 0 spiro atoms. The summed E-state index contributed by atoms with van der Waals surface area (Å²) in [6.45, 7) is 4.26. The molecule has 8 aromatic heterocycles. The van der Waals surface area contributed by atoms with Gasteiger partial charge in [0.2, 0.25) is 0 Å². The van der Waals surface area contributed by atoms with Crippen molar-refractivity contribution >= 4 is 0 Å². The molecule has 0 saturated heterocycles. The molecule has 62 heavy (non-hydrogen) atoms. The lowest BCUT2D eigenvalue weighted by Gasteiger charge is -2.12. The quantitative estimate of drug-likeness (QED) is 0.157. The fraction of sp³-hybridized carbons (Fsp3) is 0.0370. The summed E-state index contributed by atoms with van der Waals surface area (Å²) in [6.07, 6.45) is 10.7. The maximum absolute atomic E-state index is 4.93. The van der Waals surface area contributed by atoms with Crippen LogP contribution in [0, 0.1) is 13.8 Å². The first-order chi connectivity index (χ1) is 30.6. The smallest absolute Gasteiger partial charge is 0.0893 e. The summed E-state index contributed by atoms with van der Waals surface area (Å²) < 4.78 is 0. The molecule has 0 N–H and O–H groups in total. The molecule has 0 amide bonds. The lowest BCUT2D eigenvalue weighted by Crippen LogP contribution is -1.92. The van der Waals surface area contributed by atoms with E-state index in [0.717, 1.165) is 79.2 Å². The Kier molecular flexibility index (Phi) is 13.1. The molecular weight excluding hydrogens is 761 g/mol. The third kappa shape index (κ3) is 10.6. The molecule has 0 bridgehead atoms. The molecule has 0 saturated carbocycles.